The average Bonchev–Trinajstić information content (AvgIpc) is 2.73. The van der Waals surface area contributed by atoms with Gasteiger partial charge in [0.05, 0.1) is 12.7 Å². The van der Waals surface area contributed by atoms with Gasteiger partial charge >= 0.3 is 17.9 Å². The minimum Gasteiger partial charge on any atom is -0.458 e. The van der Waals surface area contributed by atoms with Crippen LogP contribution in [0.2, 0.25) is 0 Å². The van der Waals surface area contributed by atoms with Gasteiger partial charge in [0, 0.05) is 26.7 Å². The zero-order chi connectivity index (χ0) is 26.7. The molecular formula is C26H36O9. The van der Waals surface area contributed by atoms with Gasteiger partial charge in [0.25, 0.3) is 0 Å². The molecule has 0 radical (unpaired) electrons. The molecule has 0 heterocycles. The lowest BCUT2D eigenvalue weighted by molar-refractivity contribution is -0.156. The van der Waals surface area contributed by atoms with Gasteiger partial charge < -0.3 is 24.4 Å². The van der Waals surface area contributed by atoms with Crippen molar-refractivity contribution < 1.29 is 43.6 Å². The number of fused-ring (bicyclic) bond motifs is 2. The summed E-state index contributed by atoms with van der Waals surface area (Å²) < 4.78 is 16.8. The van der Waals surface area contributed by atoms with E-state index < -0.39 is 66.0 Å². The predicted molar refractivity (Wildman–Crippen MR) is 126 cm³/mol. The lowest BCUT2D eigenvalue weighted by Crippen LogP contribution is -2.49. The van der Waals surface area contributed by atoms with Gasteiger partial charge in [0.1, 0.15) is 12.2 Å². The fraction of sp³-hybridized carbons (Fsp3) is 0.615. The monoisotopic (exact) mass is 492 g/mol. The third kappa shape index (κ3) is 6.46. The van der Waals surface area contributed by atoms with E-state index in [9.17, 15) is 29.4 Å². The van der Waals surface area contributed by atoms with E-state index >= 15 is 0 Å². The number of aliphatic hydroxyl groups excluding tert-OH is 2. The first kappa shape index (κ1) is 28.5. The summed E-state index contributed by atoms with van der Waals surface area (Å²) in [5.41, 5.74) is 0.659. The smallest absolute Gasteiger partial charge is 0.303 e. The highest BCUT2D eigenvalue weighted by Crippen LogP contribution is 2.50. The van der Waals surface area contributed by atoms with Crippen LogP contribution in [0.15, 0.2) is 34.4 Å². The van der Waals surface area contributed by atoms with Gasteiger partial charge in [0.15, 0.2) is 6.10 Å². The molecule has 0 aromatic heterocycles. The zero-order valence-electron chi connectivity index (χ0n) is 21.4. The second-order valence-electron chi connectivity index (χ2n) is 9.72. The van der Waals surface area contributed by atoms with Crippen molar-refractivity contribution in [1.82, 2.24) is 0 Å². The number of carbonyl (C=O) groups excluding carboxylic acids is 4. The van der Waals surface area contributed by atoms with Gasteiger partial charge in [0.2, 0.25) is 5.78 Å². The van der Waals surface area contributed by atoms with Crippen LogP contribution in [0, 0.1) is 11.3 Å². The first-order valence-corrected chi connectivity index (χ1v) is 11.6. The molecule has 0 unspecified atom stereocenters. The van der Waals surface area contributed by atoms with Crippen LogP contribution < -0.4 is 0 Å². The zero-order valence-corrected chi connectivity index (χ0v) is 21.4. The summed E-state index contributed by atoms with van der Waals surface area (Å²) in [6.45, 7) is 10.2. The summed E-state index contributed by atoms with van der Waals surface area (Å²) >= 11 is 0. The van der Waals surface area contributed by atoms with E-state index in [4.69, 9.17) is 14.2 Å². The number of Topliss-reactive ketones (excluding diaryl/α,β-unsaturated/α-hetero) is 1. The standard InChI is InChI=1S/C26H36O9/c1-13-8-9-20(31)18(12-27)10-22(34-16(4)29)19-11-21(33-15(3)28)14(2)23(26(19,6)7)25(24(13)32)35-17(5)30/h8,10,19-22,25,27,31H,9,11-12H2,1-7H3/b13-8+,18-10-/t19-,20-,21-,22-,25+/m0/s1. The SMILES string of the molecule is CC(=O)O[C@H]1C(=O)/C(C)=C/C[C@H](O)/C(CO)=C\[C@H](OC(C)=O)[C@@H]2C[C@H](OC(C)=O)C(C)=C1C2(C)C. The van der Waals surface area contributed by atoms with Gasteiger partial charge in [-0.15, -0.1) is 0 Å². The number of aliphatic hydroxyl groups is 2. The van der Waals surface area contributed by atoms with Gasteiger partial charge in [-0.05, 0) is 60.5 Å². The maximum Gasteiger partial charge on any atom is 0.303 e. The van der Waals surface area contributed by atoms with Crippen LogP contribution in [-0.4, -0.2) is 64.9 Å². The van der Waals surface area contributed by atoms with Crippen molar-refractivity contribution >= 4 is 23.7 Å². The third-order valence-electron chi connectivity index (χ3n) is 6.81. The minimum absolute atomic E-state index is 0.0196. The number of hydrogen-bond acceptors (Lipinski definition) is 9. The molecule has 0 spiro atoms. The number of esters is 3. The predicted octanol–water partition coefficient (Wildman–Crippen LogP) is 2.34. The summed E-state index contributed by atoms with van der Waals surface area (Å²) in [5.74, 6) is -2.81. The van der Waals surface area contributed by atoms with Gasteiger partial charge in [-0.25, -0.2) is 0 Å². The van der Waals surface area contributed by atoms with Crippen LogP contribution in [0.3, 0.4) is 0 Å². The number of carbonyl (C=O) groups is 4. The molecular weight excluding hydrogens is 456 g/mol. The van der Waals surface area contributed by atoms with E-state index in [1.165, 1.54) is 32.9 Å². The molecule has 0 fully saturated rings. The second-order valence-corrected chi connectivity index (χ2v) is 9.72. The molecule has 9 heteroatoms. The Morgan fingerprint density at radius 2 is 1.60 bits per heavy atom. The Hall–Kier alpha value is -2.78. The summed E-state index contributed by atoms with van der Waals surface area (Å²) in [6.07, 6.45) is -0.842. The Kier molecular flexibility index (Phi) is 9.19. The molecule has 2 N–H and O–H groups in total. The molecule has 0 saturated carbocycles. The van der Waals surface area contributed by atoms with Crippen LogP contribution in [0.1, 0.15) is 61.3 Å². The minimum atomic E-state index is -1.30. The van der Waals surface area contributed by atoms with Crippen LogP contribution in [0.25, 0.3) is 0 Å². The van der Waals surface area contributed by atoms with Gasteiger partial charge in [-0.3, -0.25) is 19.2 Å². The van der Waals surface area contributed by atoms with E-state index in [0.717, 1.165) is 0 Å². The highest BCUT2D eigenvalue weighted by Gasteiger charge is 2.51. The average molecular weight is 493 g/mol. The number of hydrogen-bond donors (Lipinski definition) is 2. The van der Waals surface area contributed by atoms with E-state index in [-0.39, 0.29) is 24.0 Å². The Bertz CT molecular complexity index is 969. The van der Waals surface area contributed by atoms with E-state index in [0.29, 0.717) is 11.1 Å². The van der Waals surface area contributed by atoms with E-state index in [1.807, 2.05) is 13.8 Å². The van der Waals surface area contributed by atoms with Crippen LogP contribution >= 0.6 is 0 Å². The topological polar surface area (TPSA) is 136 Å². The lowest BCUT2D eigenvalue weighted by Gasteiger charge is -2.48. The normalized spacial score (nSPS) is 32.1. The largest absolute Gasteiger partial charge is 0.458 e. The molecule has 2 aliphatic rings. The fourth-order valence-corrected chi connectivity index (χ4v) is 5.07. The van der Waals surface area contributed by atoms with Crippen LogP contribution in [0.4, 0.5) is 0 Å². The highest BCUT2D eigenvalue weighted by molar-refractivity contribution is 6.01. The quantitative estimate of drug-likeness (QED) is 0.344. The second kappa shape index (κ2) is 11.3. The number of ether oxygens (including phenoxy) is 3. The van der Waals surface area contributed by atoms with Crippen molar-refractivity contribution in [2.24, 2.45) is 11.3 Å². The first-order valence-electron chi connectivity index (χ1n) is 11.6. The van der Waals surface area contributed by atoms with Crippen LogP contribution in [-0.2, 0) is 33.4 Å². The summed E-state index contributed by atoms with van der Waals surface area (Å²) in [6, 6.07) is 0. The maximum atomic E-state index is 13.6. The molecule has 2 aliphatic carbocycles. The van der Waals surface area contributed by atoms with E-state index in [1.54, 1.807) is 13.8 Å². The van der Waals surface area contributed by atoms with Crippen molar-refractivity contribution in [2.75, 3.05) is 6.61 Å². The Balaban J connectivity index is 2.90. The molecule has 194 valence electrons. The molecule has 35 heavy (non-hydrogen) atoms. The van der Waals surface area contributed by atoms with E-state index in [2.05, 4.69) is 0 Å². The Morgan fingerprint density at radius 3 is 2.11 bits per heavy atom. The number of rotatable bonds is 4. The van der Waals surface area contributed by atoms with Crippen molar-refractivity contribution in [3.8, 4) is 0 Å². The molecule has 0 aliphatic heterocycles. The molecule has 5 atom stereocenters. The third-order valence-corrected chi connectivity index (χ3v) is 6.81. The summed E-state index contributed by atoms with van der Waals surface area (Å²) in [7, 11) is 0. The molecule has 0 amide bonds. The lowest BCUT2D eigenvalue weighted by atomic mass is 9.60. The van der Waals surface area contributed by atoms with Crippen molar-refractivity contribution in [2.45, 2.75) is 85.7 Å². The van der Waals surface area contributed by atoms with Crippen molar-refractivity contribution in [1.29, 1.82) is 0 Å². The number of ketones is 1. The van der Waals surface area contributed by atoms with Crippen molar-refractivity contribution in [3.63, 3.8) is 0 Å². The molecule has 9 nitrogen and oxygen atoms in total. The summed E-state index contributed by atoms with van der Waals surface area (Å²) in [4.78, 5) is 49.6. The molecule has 0 aromatic carbocycles. The Morgan fingerprint density at radius 1 is 1.03 bits per heavy atom. The van der Waals surface area contributed by atoms with Crippen LogP contribution in [0.5, 0.6) is 0 Å². The fourth-order valence-electron chi connectivity index (χ4n) is 5.07. The molecule has 0 aromatic rings. The molecule has 2 bridgehead atoms. The molecule has 2 rings (SSSR count). The maximum absolute atomic E-state index is 13.6. The van der Waals surface area contributed by atoms with Gasteiger partial charge in [-0.2, -0.15) is 0 Å². The van der Waals surface area contributed by atoms with Crippen molar-refractivity contribution in [3.05, 3.63) is 34.4 Å². The first-order chi connectivity index (χ1) is 16.2. The highest BCUT2D eigenvalue weighted by atomic mass is 16.6. The molecule has 0 saturated heterocycles. The van der Waals surface area contributed by atoms with Gasteiger partial charge in [-0.1, -0.05) is 19.9 Å². The summed E-state index contributed by atoms with van der Waals surface area (Å²) in [5, 5.41) is 20.7. The Labute approximate surface area is 205 Å².